The predicted molar refractivity (Wildman–Crippen MR) is 123 cm³/mol. The molecule has 0 radical (unpaired) electrons. The molecule has 0 bridgehead atoms. The van der Waals surface area contributed by atoms with Gasteiger partial charge in [-0.05, 0) is 55.8 Å². The molecule has 0 amide bonds. The lowest BCUT2D eigenvalue weighted by molar-refractivity contribution is -0.156. The maximum atomic E-state index is 12.1. The van der Waals surface area contributed by atoms with Gasteiger partial charge in [-0.3, -0.25) is 0 Å². The van der Waals surface area contributed by atoms with Gasteiger partial charge in [0.2, 0.25) is 0 Å². The molecule has 166 valence electrons. The van der Waals surface area contributed by atoms with Crippen LogP contribution in [0.4, 0.5) is 11.4 Å². The number of rotatable bonds is 9. The van der Waals surface area contributed by atoms with Gasteiger partial charge in [0.25, 0.3) is 0 Å². The third-order valence-electron chi connectivity index (χ3n) is 5.15. The molecule has 6 nitrogen and oxygen atoms in total. The highest BCUT2D eigenvalue weighted by atomic mass is 16.6. The Morgan fingerprint density at radius 3 is 2.09 bits per heavy atom. The van der Waals surface area contributed by atoms with Crippen LogP contribution in [0, 0.1) is 0 Å². The number of fused-ring (bicyclic) bond motifs is 2. The summed E-state index contributed by atoms with van der Waals surface area (Å²) < 4.78 is 22.8. The highest BCUT2D eigenvalue weighted by Gasteiger charge is 2.24. The van der Waals surface area contributed by atoms with E-state index in [0.717, 1.165) is 34.2 Å². The number of para-hydroxylation sites is 4. The van der Waals surface area contributed by atoms with E-state index in [2.05, 4.69) is 4.90 Å². The summed E-state index contributed by atoms with van der Waals surface area (Å²) in [7, 11) is 0. The van der Waals surface area contributed by atoms with Gasteiger partial charge in [0, 0.05) is 13.0 Å². The van der Waals surface area contributed by atoms with E-state index in [4.69, 9.17) is 18.9 Å². The van der Waals surface area contributed by atoms with Crippen molar-refractivity contribution in [2.75, 3.05) is 24.8 Å². The van der Waals surface area contributed by atoms with Gasteiger partial charge in [-0.1, -0.05) is 36.4 Å². The van der Waals surface area contributed by atoms with Crippen LogP contribution >= 0.6 is 0 Å². The summed E-state index contributed by atoms with van der Waals surface area (Å²) in [6.45, 7) is 4.78. The summed E-state index contributed by atoms with van der Waals surface area (Å²) in [5.41, 5.74) is 2.89. The second kappa shape index (κ2) is 10.2. The number of nitrogens with zero attached hydrogens (tertiary/aromatic N) is 1. The highest BCUT2D eigenvalue weighted by molar-refractivity contribution is 5.77. The Labute approximate surface area is 188 Å². The zero-order valence-electron chi connectivity index (χ0n) is 18.3. The van der Waals surface area contributed by atoms with Crippen molar-refractivity contribution in [3.63, 3.8) is 0 Å². The maximum Gasteiger partial charge on any atom is 0.335 e. The van der Waals surface area contributed by atoms with Crippen LogP contribution in [-0.4, -0.2) is 32.0 Å². The molecule has 32 heavy (non-hydrogen) atoms. The normalized spacial score (nSPS) is 12.9. The Bertz CT molecular complexity index is 1000. The van der Waals surface area contributed by atoms with Crippen molar-refractivity contribution in [1.29, 1.82) is 0 Å². The summed E-state index contributed by atoms with van der Waals surface area (Å²) in [4.78, 5) is 14.2. The molecule has 0 saturated heterocycles. The molecule has 1 aliphatic rings. The molecular weight excluding hydrogens is 406 g/mol. The van der Waals surface area contributed by atoms with Crippen LogP contribution < -0.4 is 14.4 Å². The smallest absolute Gasteiger partial charge is 0.335 e. The van der Waals surface area contributed by atoms with E-state index in [-0.39, 0.29) is 5.97 Å². The Morgan fingerprint density at radius 1 is 0.875 bits per heavy atom. The van der Waals surface area contributed by atoms with Crippen LogP contribution in [0.15, 0.2) is 72.8 Å². The third kappa shape index (κ3) is 4.86. The van der Waals surface area contributed by atoms with E-state index >= 15 is 0 Å². The first-order chi connectivity index (χ1) is 15.7. The number of hydrogen-bond donors (Lipinski definition) is 0. The standard InChI is InChI=1S/C26H27NO5/c1-3-29-25(26(28)30-4-2)17-19-13-15-20(16-14-19)31-18-27-21-9-5-7-11-23(21)32-24-12-8-6-10-22(24)27/h5-16,25H,3-4,17-18H2,1-2H3. The second-order valence-electron chi connectivity index (χ2n) is 7.28. The molecule has 0 N–H and O–H groups in total. The highest BCUT2D eigenvalue weighted by Crippen LogP contribution is 2.46. The minimum atomic E-state index is -0.604. The molecule has 1 atom stereocenters. The molecule has 0 fully saturated rings. The van der Waals surface area contributed by atoms with Gasteiger partial charge in [0.15, 0.2) is 24.3 Å². The SMILES string of the molecule is CCOC(=O)C(Cc1ccc(OCN2c3ccccc3Oc3ccccc32)cc1)OCC. The minimum Gasteiger partial charge on any atom is -0.473 e. The summed E-state index contributed by atoms with van der Waals surface area (Å²) in [5, 5.41) is 0. The van der Waals surface area contributed by atoms with Crippen molar-refractivity contribution in [1.82, 2.24) is 0 Å². The number of ether oxygens (including phenoxy) is 4. The Hall–Kier alpha value is -3.51. The molecule has 4 rings (SSSR count). The van der Waals surface area contributed by atoms with Crippen molar-refractivity contribution in [2.24, 2.45) is 0 Å². The molecule has 1 aliphatic heterocycles. The first-order valence-electron chi connectivity index (χ1n) is 10.8. The van der Waals surface area contributed by atoms with Gasteiger partial charge in [0.1, 0.15) is 5.75 Å². The molecule has 0 spiro atoms. The van der Waals surface area contributed by atoms with Gasteiger partial charge in [0.05, 0.1) is 18.0 Å². The third-order valence-corrected chi connectivity index (χ3v) is 5.15. The quantitative estimate of drug-likeness (QED) is 0.417. The predicted octanol–water partition coefficient (Wildman–Crippen LogP) is 5.48. The number of carbonyl (C=O) groups is 1. The first-order valence-corrected chi connectivity index (χ1v) is 10.8. The molecule has 1 unspecified atom stereocenters. The van der Waals surface area contributed by atoms with Crippen LogP contribution in [0.1, 0.15) is 19.4 Å². The van der Waals surface area contributed by atoms with Crippen LogP contribution in [0.25, 0.3) is 0 Å². The fourth-order valence-corrected chi connectivity index (χ4v) is 3.64. The van der Waals surface area contributed by atoms with Gasteiger partial charge >= 0.3 is 5.97 Å². The molecule has 3 aromatic rings. The summed E-state index contributed by atoms with van der Waals surface area (Å²) in [6, 6.07) is 23.5. The Morgan fingerprint density at radius 2 is 1.50 bits per heavy atom. The monoisotopic (exact) mass is 433 g/mol. The average Bonchev–Trinajstić information content (AvgIpc) is 2.82. The van der Waals surface area contributed by atoms with Crippen LogP contribution in [0.5, 0.6) is 17.2 Å². The lowest BCUT2D eigenvalue weighted by Gasteiger charge is -2.32. The molecule has 1 heterocycles. The first kappa shape index (κ1) is 21.7. The maximum absolute atomic E-state index is 12.1. The van der Waals surface area contributed by atoms with Crippen LogP contribution in [0.2, 0.25) is 0 Å². The summed E-state index contributed by atoms with van der Waals surface area (Å²) >= 11 is 0. The molecule has 0 saturated carbocycles. The zero-order chi connectivity index (χ0) is 22.3. The number of hydrogen-bond acceptors (Lipinski definition) is 6. The van der Waals surface area contributed by atoms with E-state index in [1.165, 1.54) is 0 Å². The summed E-state index contributed by atoms with van der Waals surface area (Å²) in [6.07, 6.45) is -0.148. The van der Waals surface area contributed by atoms with E-state index < -0.39 is 6.10 Å². The van der Waals surface area contributed by atoms with Crippen LogP contribution in [-0.2, 0) is 20.7 Å². The number of benzene rings is 3. The lowest BCUT2D eigenvalue weighted by atomic mass is 10.1. The van der Waals surface area contributed by atoms with Crippen molar-refractivity contribution in [3.05, 3.63) is 78.4 Å². The number of esters is 1. The van der Waals surface area contributed by atoms with Gasteiger partial charge < -0.3 is 23.8 Å². The van der Waals surface area contributed by atoms with Crippen molar-refractivity contribution in [2.45, 2.75) is 26.4 Å². The summed E-state index contributed by atoms with van der Waals surface area (Å²) in [5.74, 6) is 2.00. The van der Waals surface area contributed by atoms with Crippen molar-refractivity contribution in [3.8, 4) is 17.2 Å². The Kier molecular flexibility index (Phi) is 6.92. The largest absolute Gasteiger partial charge is 0.473 e. The van der Waals surface area contributed by atoms with Crippen LogP contribution in [0.3, 0.4) is 0 Å². The fraction of sp³-hybridized carbons (Fsp3) is 0.269. The lowest BCUT2D eigenvalue weighted by Crippen LogP contribution is -2.29. The average molecular weight is 434 g/mol. The van der Waals surface area contributed by atoms with Gasteiger partial charge in [-0.15, -0.1) is 0 Å². The van der Waals surface area contributed by atoms with Crippen molar-refractivity contribution < 1.29 is 23.7 Å². The molecule has 0 aromatic heterocycles. The minimum absolute atomic E-state index is 0.334. The molecular formula is C26H27NO5. The number of anilines is 2. The fourth-order valence-electron chi connectivity index (χ4n) is 3.64. The Balaban J connectivity index is 1.44. The van der Waals surface area contributed by atoms with E-state index in [9.17, 15) is 4.79 Å². The number of carbonyl (C=O) groups excluding carboxylic acids is 1. The van der Waals surface area contributed by atoms with Gasteiger partial charge in [-0.25, -0.2) is 4.79 Å². The van der Waals surface area contributed by atoms with Gasteiger partial charge in [-0.2, -0.15) is 0 Å². The van der Waals surface area contributed by atoms with Crippen molar-refractivity contribution >= 4 is 17.3 Å². The second-order valence-corrected chi connectivity index (χ2v) is 7.28. The van der Waals surface area contributed by atoms with E-state index in [0.29, 0.717) is 26.4 Å². The molecule has 6 heteroatoms. The topological polar surface area (TPSA) is 57.2 Å². The molecule has 0 aliphatic carbocycles. The zero-order valence-corrected chi connectivity index (χ0v) is 18.3. The molecule has 3 aromatic carbocycles. The van der Waals surface area contributed by atoms with E-state index in [1.807, 2.05) is 79.7 Å². The van der Waals surface area contributed by atoms with E-state index in [1.54, 1.807) is 6.92 Å².